The summed E-state index contributed by atoms with van der Waals surface area (Å²) >= 11 is 3.37. The van der Waals surface area contributed by atoms with Gasteiger partial charge >= 0.3 is 0 Å². The zero-order chi connectivity index (χ0) is 12.5. The summed E-state index contributed by atoms with van der Waals surface area (Å²) in [4.78, 5) is 12.0. The van der Waals surface area contributed by atoms with Crippen LogP contribution in [-0.4, -0.2) is 11.6 Å². The van der Waals surface area contributed by atoms with E-state index in [2.05, 4.69) is 26.5 Å². The van der Waals surface area contributed by atoms with Crippen LogP contribution in [0.25, 0.3) is 0 Å². The number of halogens is 1. The second-order valence-corrected chi connectivity index (χ2v) is 5.96. The van der Waals surface area contributed by atoms with Gasteiger partial charge < -0.3 is 0 Å². The number of carbonyl (C=O) groups excluding carboxylic acids is 1. The van der Waals surface area contributed by atoms with Gasteiger partial charge in [-0.15, -0.1) is 0 Å². The fraction of sp³-hybridized carbons (Fsp3) is 0.429. The normalized spacial score (nSPS) is 27.7. The Bertz CT molecular complexity index is 512. The Hall–Kier alpha value is -1.16. The zero-order valence-electron chi connectivity index (χ0n) is 10.0. The maximum absolute atomic E-state index is 12.0. The van der Waals surface area contributed by atoms with Crippen LogP contribution >= 0.6 is 15.9 Å². The summed E-state index contributed by atoms with van der Waals surface area (Å²) < 4.78 is 0.802. The van der Waals surface area contributed by atoms with Gasteiger partial charge in [0.05, 0.1) is 5.56 Å². The van der Waals surface area contributed by atoms with Crippen LogP contribution < -0.4 is 5.43 Å². The number of nitrogens with one attached hydrogen (secondary N) is 1. The molecule has 0 spiro atoms. The molecule has 4 heteroatoms. The number of hydrazone groups is 1. The summed E-state index contributed by atoms with van der Waals surface area (Å²) in [6, 6.07) is 7.40. The number of amides is 1. The Morgan fingerprint density at radius 2 is 2.17 bits per heavy atom. The van der Waals surface area contributed by atoms with Gasteiger partial charge in [0, 0.05) is 10.2 Å². The lowest BCUT2D eigenvalue weighted by atomic mass is 9.99. The topological polar surface area (TPSA) is 41.5 Å². The smallest absolute Gasteiger partial charge is 0.267 e. The van der Waals surface area contributed by atoms with Crippen molar-refractivity contribution in [3.8, 4) is 0 Å². The fourth-order valence-electron chi connectivity index (χ4n) is 2.99. The summed E-state index contributed by atoms with van der Waals surface area (Å²) in [6.45, 7) is 0. The van der Waals surface area contributed by atoms with Crippen molar-refractivity contribution in [3.05, 3.63) is 34.3 Å². The molecule has 2 atom stereocenters. The van der Waals surface area contributed by atoms with E-state index in [0.717, 1.165) is 16.8 Å². The van der Waals surface area contributed by atoms with Gasteiger partial charge in [-0.25, -0.2) is 5.43 Å². The number of benzene rings is 1. The minimum atomic E-state index is -0.141. The van der Waals surface area contributed by atoms with Gasteiger partial charge in [-0.2, -0.15) is 5.10 Å². The zero-order valence-corrected chi connectivity index (χ0v) is 11.6. The van der Waals surface area contributed by atoms with E-state index in [4.69, 9.17) is 0 Å². The van der Waals surface area contributed by atoms with Crippen LogP contribution in [0.1, 0.15) is 36.0 Å². The third-order valence-electron chi connectivity index (χ3n) is 3.93. The van der Waals surface area contributed by atoms with Gasteiger partial charge in [0.15, 0.2) is 0 Å². The SMILES string of the molecule is O=C(NN=C1C[C@H]2CC[C@H]1C2)c1ccccc1Br. The molecule has 3 nitrogen and oxygen atoms in total. The maximum atomic E-state index is 12.0. The van der Waals surface area contributed by atoms with E-state index in [0.29, 0.717) is 11.5 Å². The molecular formula is C14H15BrN2O. The van der Waals surface area contributed by atoms with Crippen molar-refractivity contribution < 1.29 is 4.79 Å². The van der Waals surface area contributed by atoms with Crippen LogP contribution in [0.3, 0.4) is 0 Å². The molecule has 2 saturated carbocycles. The molecule has 2 bridgehead atoms. The predicted octanol–water partition coefficient (Wildman–Crippen LogP) is 3.35. The highest BCUT2D eigenvalue weighted by atomic mass is 79.9. The quantitative estimate of drug-likeness (QED) is 0.836. The highest BCUT2D eigenvalue weighted by molar-refractivity contribution is 9.10. The summed E-state index contributed by atoms with van der Waals surface area (Å²) in [5.74, 6) is 1.29. The van der Waals surface area contributed by atoms with Crippen LogP contribution in [-0.2, 0) is 0 Å². The lowest BCUT2D eigenvalue weighted by Gasteiger charge is -2.11. The molecule has 1 amide bonds. The molecule has 2 aliphatic rings. The van der Waals surface area contributed by atoms with E-state index in [1.807, 2.05) is 18.2 Å². The van der Waals surface area contributed by atoms with Gasteiger partial charge in [0.2, 0.25) is 0 Å². The van der Waals surface area contributed by atoms with E-state index >= 15 is 0 Å². The molecule has 0 aromatic heterocycles. The lowest BCUT2D eigenvalue weighted by Crippen LogP contribution is -2.22. The third kappa shape index (κ3) is 2.21. The van der Waals surface area contributed by atoms with Crippen LogP contribution in [0.4, 0.5) is 0 Å². The minimum absolute atomic E-state index is 0.141. The number of carbonyl (C=O) groups is 1. The van der Waals surface area contributed by atoms with E-state index in [-0.39, 0.29) is 5.91 Å². The molecule has 0 radical (unpaired) electrons. The van der Waals surface area contributed by atoms with Crippen molar-refractivity contribution >= 4 is 27.5 Å². The largest absolute Gasteiger partial charge is 0.272 e. The van der Waals surface area contributed by atoms with Gasteiger partial charge in [-0.05, 0) is 65.6 Å². The second-order valence-electron chi connectivity index (χ2n) is 5.10. The van der Waals surface area contributed by atoms with Crippen LogP contribution in [0, 0.1) is 11.8 Å². The van der Waals surface area contributed by atoms with Crippen molar-refractivity contribution in [1.29, 1.82) is 0 Å². The highest BCUT2D eigenvalue weighted by Crippen LogP contribution is 2.42. The molecule has 2 aliphatic carbocycles. The van der Waals surface area contributed by atoms with Crippen molar-refractivity contribution in [2.45, 2.75) is 25.7 Å². The van der Waals surface area contributed by atoms with Gasteiger partial charge in [0.25, 0.3) is 5.91 Å². The van der Waals surface area contributed by atoms with E-state index in [1.54, 1.807) is 6.07 Å². The Kier molecular flexibility index (Phi) is 3.20. The van der Waals surface area contributed by atoms with Crippen LogP contribution in [0.2, 0.25) is 0 Å². The summed E-state index contributed by atoms with van der Waals surface area (Å²) in [5.41, 5.74) is 4.50. The van der Waals surface area contributed by atoms with Gasteiger partial charge in [0.1, 0.15) is 0 Å². The molecular weight excluding hydrogens is 292 g/mol. The van der Waals surface area contributed by atoms with E-state index < -0.39 is 0 Å². The molecule has 18 heavy (non-hydrogen) atoms. The molecule has 0 saturated heterocycles. The van der Waals surface area contributed by atoms with Crippen molar-refractivity contribution in [2.75, 3.05) is 0 Å². The summed E-state index contributed by atoms with van der Waals surface area (Å²) in [6.07, 6.45) is 4.92. The first-order chi connectivity index (χ1) is 8.74. The standard InChI is InChI=1S/C14H15BrN2O/c15-12-4-2-1-3-11(12)14(18)17-16-13-8-9-5-6-10(13)7-9/h1-4,9-10H,5-8H2,(H,17,18)/t9-,10-/m0/s1. The Labute approximate surface area is 115 Å². The van der Waals surface area contributed by atoms with Gasteiger partial charge in [-0.3, -0.25) is 4.79 Å². The first-order valence-electron chi connectivity index (χ1n) is 6.35. The molecule has 94 valence electrons. The number of rotatable bonds is 2. The Morgan fingerprint density at radius 3 is 2.83 bits per heavy atom. The fourth-order valence-corrected chi connectivity index (χ4v) is 3.46. The minimum Gasteiger partial charge on any atom is -0.267 e. The maximum Gasteiger partial charge on any atom is 0.272 e. The Morgan fingerprint density at radius 1 is 1.33 bits per heavy atom. The molecule has 0 aliphatic heterocycles. The molecule has 0 unspecified atom stereocenters. The first kappa shape index (κ1) is 11.9. The van der Waals surface area contributed by atoms with Crippen molar-refractivity contribution in [3.63, 3.8) is 0 Å². The monoisotopic (exact) mass is 306 g/mol. The predicted molar refractivity (Wildman–Crippen MR) is 74.5 cm³/mol. The van der Waals surface area contributed by atoms with E-state index in [1.165, 1.54) is 25.0 Å². The molecule has 3 rings (SSSR count). The number of hydrogen-bond acceptors (Lipinski definition) is 2. The molecule has 1 N–H and O–H groups in total. The van der Waals surface area contributed by atoms with Crippen molar-refractivity contribution in [1.82, 2.24) is 5.43 Å². The number of nitrogens with zero attached hydrogens (tertiary/aromatic N) is 1. The highest BCUT2D eigenvalue weighted by Gasteiger charge is 2.36. The van der Waals surface area contributed by atoms with Crippen molar-refractivity contribution in [2.24, 2.45) is 16.9 Å². The van der Waals surface area contributed by atoms with Crippen LogP contribution in [0.15, 0.2) is 33.8 Å². The van der Waals surface area contributed by atoms with E-state index in [9.17, 15) is 4.79 Å². The number of fused-ring (bicyclic) bond motifs is 2. The van der Waals surface area contributed by atoms with Crippen LogP contribution in [0.5, 0.6) is 0 Å². The summed E-state index contributed by atoms with van der Waals surface area (Å²) in [5, 5.41) is 4.32. The average molecular weight is 307 g/mol. The first-order valence-corrected chi connectivity index (χ1v) is 7.14. The summed E-state index contributed by atoms with van der Waals surface area (Å²) in [7, 11) is 0. The Balaban J connectivity index is 1.69. The second kappa shape index (κ2) is 4.84. The number of hydrogen-bond donors (Lipinski definition) is 1. The molecule has 0 heterocycles. The third-order valence-corrected chi connectivity index (χ3v) is 4.62. The van der Waals surface area contributed by atoms with Gasteiger partial charge in [-0.1, -0.05) is 12.1 Å². The lowest BCUT2D eigenvalue weighted by molar-refractivity contribution is 0.0953. The molecule has 1 aromatic carbocycles. The molecule has 1 aromatic rings. The molecule has 2 fully saturated rings. The average Bonchev–Trinajstić information content (AvgIpc) is 2.98.